The Morgan fingerprint density at radius 3 is 2.97 bits per heavy atom. The average Bonchev–Trinajstić information content (AvgIpc) is 3.38. The molecular formula is C21H23N3O5. The fourth-order valence-electron chi connectivity index (χ4n) is 3.44. The molecule has 0 aliphatic carbocycles. The van der Waals surface area contributed by atoms with E-state index in [2.05, 4.69) is 10.3 Å². The van der Waals surface area contributed by atoms with Crippen molar-refractivity contribution in [3.8, 4) is 22.9 Å². The quantitative estimate of drug-likeness (QED) is 0.604. The van der Waals surface area contributed by atoms with Crippen LogP contribution in [0.3, 0.4) is 0 Å². The van der Waals surface area contributed by atoms with Gasteiger partial charge >= 0.3 is 0 Å². The second-order valence-electron chi connectivity index (χ2n) is 6.79. The van der Waals surface area contributed by atoms with E-state index in [0.717, 1.165) is 28.3 Å². The number of hydrogen-bond donors (Lipinski definition) is 0. The van der Waals surface area contributed by atoms with E-state index < -0.39 is 0 Å². The van der Waals surface area contributed by atoms with Crippen LogP contribution < -0.4 is 9.47 Å². The summed E-state index contributed by atoms with van der Waals surface area (Å²) >= 11 is 0. The highest BCUT2D eigenvalue weighted by atomic mass is 16.5. The van der Waals surface area contributed by atoms with Crippen LogP contribution in [0.4, 0.5) is 0 Å². The Balaban J connectivity index is 1.43. The minimum atomic E-state index is 0.0582. The van der Waals surface area contributed by atoms with Gasteiger partial charge in [0.2, 0.25) is 5.91 Å². The van der Waals surface area contributed by atoms with Crippen LogP contribution in [0.2, 0.25) is 0 Å². The molecule has 4 rings (SSSR count). The van der Waals surface area contributed by atoms with Crippen LogP contribution in [0.25, 0.3) is 11.3 Å². The molecule has 0 radical (unpaired) electrons. The Morgan fingerprint density at radius 2 is 2.14 bits per heavy atom. The maximum Gasteiger partial charge on any atom is 0.254 e. The molecule has 0 atom stereocenters. The van der Waals surface area contributed by atoms with E-state index in [-0.39, 0.29) is 5.91 Å². The average molecular weight is 397 g/mol. The molecule has 3 aromatic rings. The maximum atomic E-state index is 12.7. The van der Waals surface area contributed by atoms with E-state index in [0.29, 0.717) is 50.6 Å². The molecule has 8 heteroatoms. The molecule has 8 nitrogen and oxygen atoms in total. The lowest BCUT2D eigenvalue weighted by Crippen LogP contribution is -2.35. The number of aromatic nitrogens is 2. The molecule has 2 aromatic heterocycles. The van der Waals surface area contributed by atoms with Gasteiger partial charge in [-0.15, -0.1) is 0 Å². The molecule has 1 aliphatic heterocycles. The normalized spacial score (nSPS) is 13.2. The molecule has 0 unspecified atom stereocenters. The fraction of sp³-hybridized carbons (Fsp3) is 0.381. The molecule has 1 aromatic carbocycles. The zero-order valence-electron chi connectivity index (χ0n) is 16.5. The van der Waals surface area contributed by atoms with Crippen LogP contribution in [-0.2, 0) is 24.2 Å². The van der Waals surface area contributed by atoms with E-state index in [1.54, 1.807) is 13.2 Å². The van der Waals surface area contributed by atoms with Crippen molar-refractivity contribution in [3.05, 3.63) is 47.4 Å². The van der Waals surface area contributed by atoms with E-state index in [1.165, 1.54) is 0 Å². The largest absolute Gasteiger partial charge is 0.497 e. The van der Waals surface area contributed by atoms with Crippen molar-refractivity contribution in [2.75, 3.05) is 20.3 Å². The van der Waals surface area contributed by atoms with Gasteiger partial charge in [-0.25, -0.2) is 0 Å². The number of ether oxygens (including phenoxy) is 2. The van der Waals surface area contributed by atoms with Crippen LogP contribution in [0.5, 0.6) is 11.6 Å². The number of rotatable bonds is 7. The highest BCUT2D eigenvalue weighted by Gasteiger charge is 2.27. The fourth-order valence-corrected chi connectivity index (χ4v) is 3.44. The Bertz CT molecular complexity index is 994. The first-order valence-electron chi connectivity index (χ1n) is 9.66. The number of hydrogen-bond acceptors (Lipinski definition) is 7. The van der Waals surface area contributed by atoms with Gasteiger partial charge in [-0.1, -0.05) is 17.3 Å². The van der Waals surface area contributed by atoms with Crippen molar-refractivity contribution < 1.29 is 23.3 Å². The van der Waals surface area contributed by atoms with Gasteiger partial charge in [0.05, 0.1) is 20.3 Å². The first-order valence-corrected chi connectivity index (χ1v) is 9.66. The molecule has 0 spiro atoms. The van der Waals surface area contributed by atoms with Gasteiger partial charge in [0.1, 0.15) is 23.0 Å². The maximum absolute atomic E-state index is 12.7. The third-order valence-corrected chi connectivity index (χ3v) is 4.94. The minimum absolute atomic E-state index is 0.0582. The lowest BCUT2D eigenvalue weighted by molar-refractivity contribution is -0.132. The highest BCUT2D eigenvalue weighted by Crippen LogP contribution is 2.32. The lowest BCUT2D eigenvalue weighted by Gasteiger charge is -2.26. The number of amides is 1. The number of methoxy groups -OCH3 is 1. The molecule has 3 heterocycles. The zero-order chi connectivity index (χ0) is 20.2. The molecular weight excluding hydrogens is 374 g/mol. The number of carbonyl (C=O) groups is 1. The third kappa shape index (κ3) is 4.11. The van der Waals surface area contributed by atoms with Crippen LogP contribution in [-0.4, -0.2) is 41.4 Å². The Labute approximate surface area is 168 Å². The molecule has 29 heavy (non-hydrogen) atoms. The SMILES string of the molecule is CCOc1cc(CCC(=O)N2CCc3onc(-c4cccc(OC)c4)c3C2)on1. The second-order valence-corrected chi connectivity index (χ2v) is 6.79. The van der Waals surface area contributed by atoms with Crippen LogP contribution in [0.15, 0.2) is 39.4 Å². The Hall–Kier alpha value is -3.29. The molecule has 152 valence electrons. The monoisotopic (exact) mass is 397 g/mol. The van der Waals surface area contributed by atoms with Crippen LogP contribution in [0, 0.1) is 0 Å². The minimum Gasteiger partial charge on any atom is -0.497 e. The lowest BCUT2D eigenvalue weighted by atomic mass is 10.0. The standard InChI is InChI=1S/C21H23N3O5/c1-3-27-19-12-16(28-22-19)7-8-20(25)24-10-9-18-17(13-24)21(23-29-18)14-5-4-6-15(11-14)26-2/h4-6,11-12H,3,7-10,13H2,1-2H3. The molecule has 0 fully saturated rings. The van der Waals surface area contributed by atoms with E-state index in [4.69, 9.17) is 18.5 Å². The van der Waals surface area contributed by atoms with Crippen molar-refractivity contribution in [2.24, 2.45) is 0 Å². The first kappa shape index (κ1) is 19.0. The van der Waals surface area contributed by atoms with Crippen LogP contribution >= 0.6 is 0 Å². The summed E-state index contributed by atoms with van der Waals surface area (Å²) in [5.41, 5.74) is 2.62. The predicted octanol–water partition coefficient (Wildman–Crippen LogP) is 3.25. The van der Waals surface area contributed by atoms with Crippen molar-refractivity contribution in [2.45, 2.75) is 32.7 Å². The first-order chi connectivity index (χ1) is 14.2. The summed E-state index contributed by atoms with van der Waals surface area (Å²) in [6, 6.07) is 9.40. The highest BCUT2D eigenvalue weighted by molar-refractivity contribution is 5.77. The van der Waals surface area contributed by atoms with E-state index in [9.17, 15) is 4.79 Å². The summed E-state index contributed by atoms with van der Waals surface area (Å²) in [4.78, 5) is 14.6. The Morgan fingerprint density at radius 1 is 1.24 bits per heavy atom. The summed E-state index contributed by atoms with van der Waals surface area (Å²) in [6.07, 6.45) is 1.47. The molecule has 0 bridgehead atoms. The van der Waals surface area contributed by atoms with Gasteiger partial charge in [-0.3, -0.25) is 4.79 Å². The van der Waals surface area contributed by atoms with Gasteiger partial charge in [0.25, 0.3) is 5.88 Å². The predicted molar refractivity (Wildman–Crippen MR) is 104 cm³/mol. The smallest absolute Gasteiger partial charge is 0.254 e. The Kier molecular flexibility index (Phi) is 5.50. The van der Waals surface area contributed by atoms with Gasteiger partial charge in [-0.05, 0) is 24.2 Å². The molecule has 1 aliphatic rings. The number of fused-ring (bicyclic) bond motifs is 1. The van der Waals surface area contributed by atoms with Crippen molar-refractivity contribution in [1.82, 2.24) is 15.2 Å². The molecule has 0 saturated carbocycles. The molecule has 1 amide bonds. The summed E-state index contributed by atoms with van der Waals surface area (Å²) in [7, 11) is 1.63. The van der Waals surface area contributed by atoms with E-state index >= 15 is 0 Å². The summed E-state index contributed by atoms with van der Waals surface area (Å²) in [5.74, 6) is 2.74. The molecule has 0 saturated heterocycles. The zero-order valence-corrected chi connectivity index (χ0v) is 16.5. The summed E-state index contributed by atoms with van der Waals surface area (Å²) < 4.78 is 21.3. The number of nitrogens with zero attached hydrogens (tertiary/aromatic N) is 3. The van der Waals surface area contributed by atoms with Crippen molar-refractivity contribution in [1.29, 1.82) is 0 Å². The summed E-state index contributed by atoms with van der Waals surface area (Å²) in [6.45, 7) is 3.49. The third-order valence-electron chi connectivity index (χ3n) is 4.94. The van der Waals surface area contributed by atoms with Crippen LogP contribution in [0.1, 0.15) is 30.4 Å². The van der Waals surface area contributed by atoms with Gasteiger partial charge < -0.3 is 23.4 Å². The second kappa shape index (κ2) is 8.38. The van der Waals surface area contributed by atoms with Gasteiger partial charge in [-0.2, -0.15) is 0 Å². The number of carbonyl (C=O) groups excluding carboxylic acids is 1. The van der Waals surface area contributed by atoms with Crippen molar-refractivity contribution >= 4 is 5.91 Å². The van der Waals surface area contributed by atoms with Crippen molar-refractivity contribution in [3.63, 3.8) is 0 Å². The number of benzene rings is 1. The number of aryl methyl sites for hydroxylation is 1. The van der Waals surface area contributed by atoms with Gasteiger partial charge in [0, 0.05) is 43.0 Å². The van der Waals surface area contributed by atoms with E-state index in [1.807, 2.05) is 36.1 Å². The van der Waals surface area contributed by atoms with Gasteiger partial charge in [0.15, 0.2) is 0 Å². The molecule has 0 N–H and O–H groups in total. The summed E-state index contributed by atoms with van der Waals surface area (Å²) in [5, 5.41) is 8.07. The topological polar surface area (TPSA) is 90.8 Å².